The zero-order valence-electron chi connectivity index (χ0n) is 6.77. The monoisotopic (exact) mass is 144 g/mol. The molecular weight excluding hydrogens is 128 g/mol. The third-order valence-electron chi connectivity index (χ3n) is 0.871. The van der Waals surface area contributed by atoms with E-state index in [9.17, 15) is 0 Å². The molecular formula is C7H16OSi. The van der Waals surface area contributed by atoms with Gasteiger partial charge in [-0.2, -0.15) is 0 Å². The minimum atomic E-state index is -1.31. The molecule has 2 heteroatoms. The molecule has 1 atom stereocenters. The summed E-state index contributed by atoms with van der Waals surface area (Å²) in [5.41, 5.74) is 0. The molecule has 0 spiro atoms. The van der Waals surface area contributed by atoms with Crippen LogP contribution in [0.1, 0.15) is 6.92 Å². The Balaban J connectivity index is 3.59. The van der Waals surface area contributed by atoms with E-state index in [1.807, 2.05) is 13.0 Å². The molecule has 0 aromatic carbocycles. The highest BCUT2D eigenvalue weighted by Crippen LogP contribution is 2.06. The molecule has 0 fully saturated rings. The molecule has 0 aliphatic rings. The summed E-state index contributed by atoms with van der Waals surface area (Å²) >= 11 is 0. The van der Waals surface area contributed by atoms with E-state index in [2.05, 4.69) is 26.2 Å². The van der Waals surface area contributed by atoms with Crippen molar-refractivity contribution in [1.29, 1.82) is 0 Å². The molecule has 0 aliphatic carbocycles. The fourth-order valence-electron chi connectivity index (χ4n) is 0.606. The van der Waals surface area contributed by atoms with Gasteiger partial charge in [0.05, 0.1) is 6.10 Å². The molecule has 0 rings (SSSR count). The lowest BCUT2D eigenvalue weighted by Crippen LogP contribution is -2.29. The van der Waals surface area contributed by atoms with Gasteiger partial charge in [-0.1, -0.05) is 6.08 Å². The number of hydrogen-bond donors (Lipinski definition) is 0. The fraction of sp³-hybridized carbons (Fsp3) is 0.714. The second-order valence-corrected chi connectivity index (χ2v) is 7.63. The van der Waals surface area contributed by atoms with Crippen LogP contribution < -0.4 is 0 Å². The Morgan fingerprint density at radius 3 is 2.00 bits per heavy atom. The summed E-state index contributed by atoms with van der Waals surface area (Å²) in [4.78, 5) is 0. The summed E-state index contributed by atoms with van der Waals surface area (Å²) in [7, 11) is -1.31. The maximum absolute atomic E-state index is 5.61. The lowest BCUT2D eigenvalue weighted by atomic mass is 10.4. The van der Waals surface area contributed by atoms with Gasteiger partial charge in [0, 0.05) is 0 Å². The molecule has 0 aliphatic heterocycles. The van der Waals surface area contributed by atoms with Gasteiger partial charge >= 0.3 is 0 Å². The topological polar surface area (TPSA) is 9.23 Å². The number of rotatable bonds is 3. The van der Waals surface area contributed by atoms with Crippen LogP contribution in [0.3, 0.4) is 0 Å². The number of hydrogen-bond acceptors (Lipinski definition) is 1. The molecule has 1 unspecified atom stereocenters. The molecule has 9 heavy (non-hydrogen) atoms. The van der Waals surface area contributed by atoms with E-state index < -0.39 is 8.32 Å². The Hall–Kier alpha value is -0.0831. The molecule has 0 aromatic rings. The van der Waals surface area contributed by atoms with Crippen molar-refractivity contribution in [2.75, 3.05) is 0 Å². The van der Waals surface area contributed by atoms with Crippen LogP contribution >= 0.6 is 0 Å². The fourth-order valence-corrected chi connectivity index (χ4v) is 1.82. The first kappa shape index (κ1) is 8.92. The SMILES string of the molecule is C=CC(C)O[Si](C)(C)C. The average molecular weight is 144 g/mol. The van der Waals surface area contributed by atoms with Gasteiger partial charge in [0.2, 0.25) is 0 Å². The Morgan fingerprint density at radius 2 is 1.89 bits per heavy atom. The predicted octanol–water partition coefficient (Wildman–Crippen LogP) is 2.41. The molecule has 0 amide bonds. The van der Waals surface area contributed by atoms with Crippen LogP contribution in [0.25, 0.3) is 0 Å². The maximum atomic E-state index is 5.61. The quantitative estimate of drug-likeness (QED) is 0.436. The minimum absolute atomic E-state index is 0.219. The zero-order chi connectivity index (χ0) is 7.49. The molecule has 0 saturated carbocycles. The van der Waals surface area contributed by atoms with E-state index in [-0.39, 0.29) is 6.10 Å². The summed E-state index contributed by atoms with van der Waals surface area (Å²) in [6.45, 7) is 12.2. The predicted molar refractivity (Wildman–Crippen MR) is 44.1 cm³/mol. The Labute approximate surface area is 58.9 Å². The van der Waals surface area contributed by atoms with E-state index in [1.165, 1.54) is 0 Å². The molecule has 0 saturated heterocycles. The molecule has 0 radical (unpaired) electrons. The van der Waals surface area contributed by atoms with E-state index in [0.29, 0.717) is 0 Å². The second kappa shape index (κ2) is 3.18. The normalized spacial score (nSPS) is 15.1. The molecule has 0 bridgehead atoms. The molecule has 0 aromatic heterocycles. The van der Waals surface area contributed by atoms with Gasteiger partial charge in [0.15, 0.2) is 8.32 Å². The van der Waals surface area contributed by atoms with Crippen LogP contribution in [0.5, 0.6) is 0 Å². The molecule has 0 heterocycles. The first-order valence-electron chi connectivity index (χ1n) is 3.26. The van der Waals surface area contributed by atoms with Crippen LogP contribution in [0.4, 0.5) is 0 Å². The molecule has 0 N–H and O–H groups in total. The summed E-state index contributed by atoms with van der Waals surface area (Å²) < 4.78 is 5.61. The van der Waals surface area contributed by atoms with Crippen molar-refractivity contribution in [3.63, 3.8) is 0 Å². The molecule has 1 nitrogen and oxygen atoms in total. The van der Waals surface area contributed by atoms with E-state index in [4.69, 9.17) is 4.43 Å². The van der Waals surface area contributed by atoms with E-state index in [1.54, 1.807) is 0 Å². The van der Waals surface area contributed by atoms with Gasteiger partial charge < -0.3 is 4.43 Å². The molecule has 54 valence electrons. The van der Waals surface area contributed by atoms with Crippen LogP contribution in [-0.2, 0) is 4.43 Å². The van der Waals surface area contributed by atoms with Crippen molar-refractivity contribution in [3.05, 3.63) is 12.7 Å². The highest BCUT2D eigenvalue weighted by molar-refractivity contribution is 6.69. The maximum Gasteiger partial charge on any atom is 0.184 e. The van der Waals surface area contributed by atoms with Crippen molar-refractivity contribution < 1.29 is 4.43 Å². The van der Waals surface area contributed by atoms with Gasteiger partial charge in [0.1, 0.15) is 0 Å². The second-order valence-electron chi connectivity index (χ2n) is 3.17. The summed E-state index contributed by atoms with van der Waals surface area (Å²) in [6.07, 6.45) is 2.05. The Morgan fingerprint density at radius 1 is 1.44 bits per heavy atom. The third kappa shape index (κ3) is 5.79. The van der Waals surface area contributed by atoms with Gasteiger partial charge in [-0.3, -0.25) is 0 Å². The zero-order valence-corrected chi connectivity index (χ0v) is 7.77. The standard InChI is InChI=1S/C7H16OSi/c1-6-7(2)8-9(3,4)5/h6-7H,1H2,2-5H3. The summed E-state index contributed by atoms with van der Waals surface area (Å²) in [6, 6.07) is 0. The van der Waals surface area contributed by atoms with Crippen LogP contribution in [-0.4, -0.2) is 14.4 Å². The van der Waals surface area contributed by atoms with Crippen molar-refractivity contribution in [2.45, 2.75) is 32.7 Å². The van der Waals surface area contributed by atoms with Crippen molar-refractivity contribution in [3.8, 4) is 0 Å². The van der Waals surface area contributed by atoms with Crippen molar-refractivity contribution in [2.24, 2.45) is 0 Å². The van der Waals surface area contributed by atoms with Crippen LogP contribution in [0.15, 0.2) is 12.7 Å². The first-order chi connectivity index (χ1) is 3.95. The minimum Gasteiger partial charge on any atom is -0.412 e. The van der Waals surface area contributed by atoms with Gasteiger partial charge in [-0.15, -0.1) is 6.58 Å². The highest BCUT2D eigenvalue weighted by Gasteiger charge is 2.15. The summed E-state index contributed by atoms with van der Waals surface area (Å²) in [5, 5.41) is 0. The van der Waals surface area contributed by atoms with E-state index in [0.717, 1.165) is 0 Å². The highest BCUT2D eigenvalue weighted by atomic mass is 28.4. The Kier molecular flexibility index (Phi) is 3.15. The summed E-state index contributed by atoms with van der Waals surface area (Å²) in [5.74, 6) is 0. The Bertz CT molecular complexity index is 93.6. The van der Waals surface area contributed by atoms with E-state index >= 15 is 0 Å². The van der Waals surface area contributed by atoms with Crippen LogP contribution in [0, 0.1) is 0 Å². The van der Waals surface area contributed by atoms with Gasteiger partial charge in [-0.05, 0) is 26.6 Å². The lowest BCUT2D eigenvalue weighted by molar-refractivity contribution is 0.263. The van der Waals surface area contributed by atoms with Gasteiger partial charge in [0.25, 0.3) is 0 Å². The van der Waals surface area contributed by atoms with Crippen molar-refractivity contribution in [1.82, 2.24) is 0 Å². The third-order valence-corrected chi connectivity index (χ3v) is 1.95. The average Bonchev–Trinajstić information content (AvgIpc) is 1.62. The largest absolute Gasteiger partial charge is 0.412 e. The smallest absolute Gasteiger partial charge is 0.184 e. The lowest BCUT2D eigenvalue weighted by Gasteiger charge is -2.20. The first-order valence-corrected chi connectivity index (χ1v) is 6.67. The van der Waals surface area contributed by atoms with Crippen molar-refractivity contribution >= 4 is 8.32 Å². The van der Waals surface area contributed by atoms with Crippen LogP contribution in [0.2, 0.25) is 19.6 Å². The van der Waals surface area contributed by atoms with Gasteiger partial charge in [-0.25, -0.2) is 0 Å².